The van der Waals surface area contributed by atoms with Crippen LogP contribution in [-0.2, 0) is 16.6 Å². The number of fused-ring (bicyclic) bond motifs is 1. The molecule has 2 aromatic rings. The Bertz CT molecular complexity index is 705. The number of aryl methyl sites for hydroxylation is 2. The lowest BCUT2D eigenvalue weighted by Crippen LogP contribution is -2.23. The van der Waals surface area contributed by atoms with Gasteiger partial charge in [0.25, 0.3) is 0 Å². The van der Waals surface area contributed by atoms with Gasteiger partial charge in [-0.25, -0.2) is 13.1 Å². The topological polar surface area (TPSA) is 60.3 Å². The summed E-state index contributed by atoms with van der Waals surface area (Å²) in [6.07, 6.45) is 1.90. The Hall–Kier alpha value is -1.53. The summed E-state index contributed by atoms with van der Waals surface area (Å²) in [5.74, 6) is 0.840. The Morgan fingerprint density at radius 1 is 1.35 bits per heavy atom. The van der Waals surface area contributed by atoms with E-state index in [-0.39, 0.29) is 0 Å². The second-order valence-corrected chi connectivity index (χ2v) is 6.69. The highest BCUT2D eigenvalue weighted by atomic mass is 32.2. The molecule has 1 N–H and O–H groups in total. The van der Waals surface area contributed by atoms with Gasteiger partial charge in [-0.2, -0.15) is 0 Å². The molecule has 0 unspecified atom stereocenters. The monoisotopic (exact) mass is 296 g/mol. The third-order valence-corrected chi connectivity index (χ3v) is 3.96. The molecule has 5 nitrogen and oxygen atoms in total. The summed E-state index contributed by atoms with van der Waals surface area (Å²) in [6.45, 7) is 3.23. The molecule has 2 rings (SSSR count). The average Bonchev–Trinajstić information content (AvgIpc) is 2.69. The van der Waals surface area contributed by atoms with Crippen LogP contribution in [-0.4, -0.2) is 32.9 Å². The predicted octanol–water partition coefficient (Wildman–Crippen LogP) is 1.90. The number of benzene rings is 1. The number of methoxy groups -OCH3 is 1. The first-order valence-electron chi connectivity index (χ1n) is 6.50. The van der Waals surface area contributed by atoms with Gasteiger partial charge in [0.05, 0.1) is 18.9 Å². The number of rotatable bonds is 6. The van der Waals surface area contributed by atoms with E-state index in [9.17, 15) is 8.42 Å². The Morgan fingerprint density at radius 3 is 2.75 bits per heavy atom. The number of sulfonamides is 1. The molecular formula is C14H20N2O3S. The van der Waals surface area contributed by atoms with E-state index in [1.165, 1.54) is 6.26 Å². The van der Waals surface area contributed by atoms with Gasteiger partial charge < -0.3 is 9.30 Å². The zero-order valence-electron chi connectivity index (χ0n) is 12.0. The van der Waals surface area contributed by atoms with Crippen molar-refractivity contribution in [2.24, 2.45) is 0 Å². The van der Waals surface area contributed by atoms with E-state index in [2.05, 4.69) is 21.4 Å². The molecule has 6 heteroatoms. The van der Waals surface area contributed by atoms with E-state index in [1.807, 2.05) is 19.1 Å². The lowest BCUT2D eigenvalue weighted by atomic mass is 10.2. The first-order chi connectivity index (χ1) is 9.42. The molecular weight excluding hydrogens is 276 g/mol. The zero-order chi connectivity index (χ0) is 14.8. The van der Waals surface area contributed by atoms with Crippen LogP contribution in [0.3, 0.4) is 0 Å². The zero-order valence-corrected chi connectivity index (χ0v) is 12.8. The number of para-hydroxylation sites is 1. The Kier molecular flexibility index (Phi) is 4.35. The average molecular weight is 296 g/mol. The summed E-state index contributed by atoms with van der Waals surface area (Å²) in [6, 6.07) is 8.07. The molecule has 0 atom stereocenters. The number of ether oxygens (including phenoxy) is 1. The molecule has 0 amide bonds. The summed E-state index contributed by atoms with van der Waals surface area (Å²) >= 11 is 0. The van der Waals surface area contributed by atoms with Crippen molar-refractivity contribution in [3.8, 4) is 5.75 Å². The van der Waals surface area contributed by atoms with Crippen molar-refractivity contribution >= 4 is 20.9 Å². The normalized spacial score (nSPS) is 11.9. The number of hydrogen-bond donors (Lipinski definition) is 1. The van der Waals surface area contributed by atoms with Crippen LogP contribution >= 0.6 is 0 Å². The highest BCUT2D eigenvalue weighted by molar-refractivity contribution is 7.88. The lowest BCUT2D eigenvalue weighted by molar-refractivity contribution is 0.416. The first kappa shape index (κ1) is 14.9. The van der Waals surface area contributed by atoms with Gasteiger partial charge in [-0.15, -0.1) is 0 Å². The molecule has 0 fully saturated rings. The standard InChI is InChI=1S/C14H20N2O3S/c1-11-10-12-6-4-7-13(19-2)14(12)16(11)9-5-8-15-20(3,17)18/h4,6-7,10,15H,5,8-9H2,1-3H3. The van der Waals surface area contributed by atoms with Gasteiger partial charge in [-0.05, 0) is 25.5 Å². The fourth-order valence-corrected chi connectivity index (χ4v) is 2.89. The maximum Gasteiger partial charge on any atom is 0.208 e. The molecule has 1 aromatic carbocycles. The van der Waals surface area contributed by atoms with Gasteiger partial charge in [0.15, 0.2) is 0 Å². The van der Waals surface area contributed by atoms with Crippen molar-refractivity contribution in [2.75, 3.05) is 19.9 Å². The molecule has 1 heterocycles. The fraction of sp³-hybridized carbons (Fsp3) is 0.429. The highest BCUT2D eigenvalue weighted by Gasteiger charge is 2.10. The van der Waals surface area contributed by atoms with Crippen molar-refractivity contribution in [1.29, 1.82) is 0 Å². The van der Waals surface area contributed by atoms with Crippen LogP contribution in [0.4, 0.5) is 0 Å². The molecule has 0 aliphatic heterocycles. The van der Waals surface area contributed by atoms with Crippen molar-refractivity contribution in [1.82, 2.24) is 9.29 Å². The number of hydrogen-bond acceptors (Lipinski definition) is 3. The maximum absolute atomic E-state index is 11.0. The van der Waals surface area contributed by atoms with E-state index in [0.717, 1.165) is 35.3 Å². The molecule has 1 aromatic heterocycles. The van der Waals surface area contributed by atoms with Gasteiger partial charge in [-0.3, -0.25) is 0 Å². The van der Waals surface area contributed by atoms with Crippen LogP contribution in [0.15, 0.2) is 24.3 Å². The number of nitrogens with one attached hydrogen (secondary N) is 1. The molecule has 0 bridgehead atoms. The third-order valence-electron chi connectivity index (χ3n) is 3.23. The second-order valence-electron chi connectivity index (χ2n) is 4.86. The van der Waals surface area contributed by atoms with E-state index in [0.29, 0.717) is 6.54 Å². The van der Waals surface area contributed by atoms with Crippen LogP contribution in [0.5, 0.6) is 5.75 Å². The van der Waals surface area contributed by atoms with Gasteiger partial charge in [0.2, 0.25) is 10.0 Å². The van der Waals surface area contributed by atoms with Gasteiger partial charge in [-0.1, -0.05) is 12.1 Å². The van der Waals surface area contributed by atoms with Gasteiger partial charge >= 0.3 is 0 Å². The van der Waals surface area contributed by atoms with E-state index in [4.69, 9.17) is 4.74 Å². The van der Waals surface area contributed by atoms with E-state index < -0.39 is 10.0 Å². The van der Waals surface area contributed by atoms with Crippen molar-refractivity contribution in [3.63, 3.8) is 0 Å². The summed E-state index contributed by atoms with van der Waals surface area (Å²) in [4.78, 5) is 0. The van der Waals surface area contributed by atoms with E-state index in [1.54, 1.807) is 7.11 Å². The molecule has 0 aliphatic carbocycles. The van der Waals surface area contributed by atoms with Crippen molar-refractivity contribution < 1.29 is 13.2 Å². The molecule has 0 aliphatic rings. The van der Waals surface area contributed by atoms with Gasteiger partial charge in [0, 0.05) is 24.2 Å². The SMILES string of the molecule is COc1cccc2cc(C)n(CCCNS(C)(=O)=O)c12. The minimum atomic E-state index is -3.11. The van der Waals surface area contributed by atoms with Gasteiger partial charge in [0.1, 0.15) is 5.75 Å². The van der Waals surface area contributed by atoms with Crippen molar-refractivity contribution in [2.45, 2.75) is 19.9 Å². The highest BCUT2D eigenvalue weighted by Crippen LogP contribution is 2.28. The molecule has 0 saturated heterocycles. The molecule has 110 valence electrons. The van der Waals surface area contributed by atoms with Crippen LogP contribution in [0.25, 0.3) is 10.9 Å². The summed E-state index contributed by atoms with van der Waals surface area (Å²) in [5, 5.41) is 1.14. The summed E-state index contributed by atoms with van der Waals surface area (Å²) in [5.41, 5.74) is 2.20. The smallest absolute Gasteiger partial charge is 0.208 e. The third kappa shape index (κ3) is 3.32. The second kappa shape index (κ2) is 5.85. The summed E-state index contributed by atoms with van der Waals surface area (Å²) < 4.78 is 32.2. The largest absolute Gasteiger partial charge is 0.495 e. The molecule has 20 heavy (non-hydrogen) atoms. The van der Waals surface area contributed by atoms with Crippen LogP contribution in [0.1, 0.15) is 12.1 Å². The Balaban J connectivity index is 2.19. The fourth-order valence-electron chi connectivity index (χ4n) is 2.37. The summed E-state index contributed by atoms with van der Waals surface area (Å²) in [7, 11) is -1.46. The molecule has 0 radical (unpaired) electrons. The van der Waals surface area contributed by atoms with Crippen LogP contribution in [0, 0.1) is 6.92 Å². The minimum Gasteiger partial charge on any atom is -0.495 e. The van der Waals surface area contributed by atoms with Crippen LogP contribution in [0.2, 0.25) is 0 Å². The predicted molar refractivity (Wildman–Crippen MR) is 80.7 cm³/mol. The maximum atomic E-state index is 11.0. The lowest BCUT2D eigenvalue weighted by Gasteiger charge is -2.11. The Morgan fingerprint density at radius 2 is 2.10 bits per heavy atom. The van der Waals surface area contributed by atoms with E-state index >= 15 is 0 Å². The molecule has 0 saturated carbocycles. The Labute approximate surface area is 119 Å². The number of aromatic nitrogens is 1. The van der Waals surface area contributed by atoms with Crippen LogP contribution < -0.4 is 9.46 Å². The van der Waals surface area contributed by atoms with Crippen molar-refractivity contribution in [3.05, 3.63) is 30.0 Å². The molecule has 0 spiro atoms. The first-order valence-corrected chi connectivity index (χ1v) is 8.39. The minimum absolute atomic E-state index is 0.438. The number of nitrogens with zero attached hydrogens (tertiary/aromatic N) is 1. The quantitative estimate of drug-likeness (QED) is 0.828.